The second kappa shape index (κ2) is 8.76. The number of aromatic nitrogens is 1. The molecule has 0 bridgehead atoms. The van der Waals surface area contributed by atoms with Crippen LogP contribution in [0.4, 0.5) is 5.82 Å². The molecule has 1 heterocycles. The number of anilines is 1. The normalized spacial score (nSPS) is 10.4. The number of nitrogens with two attached hydrogens (primary N) is 1. The molecule has 0 aromatic carbocycles. The number of hydrogen-bond acceptors (Lipinski definition) is 4. The molecular formula is C14H23ClN4O. The first-order valence-electron chi connectivity index (χ1n) is 7.05. The predicted molar refractivity (Wildman–Crippen MR) is 82.8 cm³/mol. The van der Waals surface area contributed by atoms with Crippen molar-refractivity contribution in [2.75, 3.05) is 18.5 Å². The molecule has 1 aromatic rings. The van der Waals surface area contributed by atoms with Crippen LogP contribution < -0.4 is 11.3 Å². The van der Waals surface area contributed by atoms with Crippen molar-refractivity contribution in [2.24, 2.45) is 5.84 Å². The highest BCUT2D eigenvalue weighted by molar-refractivity contribution is 6.33. The first kappa shape index (κ1) is 16.7. The summed E-state index contributed by atoms with van der Waals surface area (Å²) < 4.78 is 0. The average Bonchev–Trinajstić information content (AvgIpc) is 2.46. The van der Waals surface area contributed by atoms with Crippen LogP contribution >= 0.6 is 11.6 Å². The Labute approximate surface area is 125 Å². The fraction of sp³-hybridized carbons (Fsp3) is 0.571. The molecule has 112 valence electrons. The molecule has 0 aliphatic heterocycles. The van der Waals surface area contributed by atoms with Crippen LogP contribution in [0.15, 0.2) is 12.3 Å². The van der Waals surface area contributed by atoms with Crippen LogP contribution in [-0.4, -0.2) is 28.9 Å². The Kier molecular flexibility index (Phi) is 7.33. The largest absolute Gasteiger partial charge is 0.339 e. The minimum atomic E-state index is -0.0233. The third kappa shape index (κ3) is 4.65. The van der Waals surface area contributed by atoms with Crippen molar-refractivity contribution in [3.8, 4) is 0 Å². The van der Waals surface area contributed by atoms with Gasteiger partial charge in [0.2, 0.25) is 0 Å². The molecule has 0 radical (unpaired) electrons. The molecule has 6 heteroatoms. The molecule has 1 aromatic heterocycles. The fourth-order valence-corrected chi connectivity index (χ4v) is 2.08. The molecule has 20 heavy (non-hydrogen) atoms. The molecule has 5 nitrogen and oxygen atoms in total. The number of hydrazine groups is 1. The molecule has 0 aliphatic rings. The number of pyridine rings is 1. The van der Waals surface area contributed by atoms with Gasteiger partial charge in [0, 0.05) is 19.3 Å². The monoisotopic (exact) mass is 298 g/mol. The second-order valence-electron chi connectivity index (χ2n) is 4.70. The number of carbonyl (C=O) groups is 1. The number of nitrogen functional groups attached to an aromatic ring is 1. The van der Waals surface area contributed by atoms with Crippen molar-refractivity contribution in [3.63, 3.8) is 0 Å². The second-order valence-corrected chi connectivity index (χ2v) is 5.11. The molecule has 0 spiro atoms. The average molecular weight is 299 g/mol. The summed E-state index contributed by atoms with van der Waals surface area (Å²) in [7, 11) is 0. The Hall–Kier alpha value is -1.33. The number of unbranched alkanes of at least 4 members (excludes halogenated alkanes) is 2. The first-order chi connectivity index (χ1) is 9.63. The van der Waals surface area contributed by atoms with Crippen molar-refractivity contribution < 1.29 is 4.79 Å². The van der Waals surface area contributed by atoms with Crippen molar-refractivity contribution in [1.82, 2.24) is 9.88 Å². The van der Waals surface area contributed by atoms with Crippen molar-refractivity contribution in [2.45, 2.75) is 39.5 Å². The summed E-state index contributed by atoms with van der Waals surface area (Å²) >= 11 is 6.01. The molecule has 3 N–H and O–H groups in total. The number of halogens is 1. The summed E-state index contributed by atoms with van der Waals surface area (Å²) in [6, 6.07) is 1.61. The summed E-state index contributed by atoms with van der Waals surface area (Å²) in [5.74, 6) is 5.62. The zero-order chi connectivity index (χ0) is 15.0. The van der Waals surface area contributed by atoms with Gasteiger partial charge in [-0.2, -0.15) is 0 Å². The minimum absolute atomic E-state index is 0.0233. The number of nitrogens with zero attached hydrogens (tertiary/aromatic N) is 2. The Bertz CT molecular complexity index is 431. The highest BCUT2D eigenvalue weighted by Crippen LogP contribution is 2.20. The van der Waals surface area contributed by atoms with E-state index in [2.05, 4.69) is 24.3 Å². The molecule has 0 atom stereocenters. The zero-order valence-corrected chi connectivity index (χ0v) is 12.9. The van der Waals surface area contributed by atoms with Crippen molar-refractivity contribution in [3.05, 3.63) is 22.8 Å². The van der Waals surface area contributed by atoms with Crippen molar-refractivity contribution in [1.29, 1.82) is 0 Å². The molecule has 0 fully saturated rings. The maximum absolute atomic E-state index is 12.5. The third-order valence-corrected chi connectivity index (χ3v) is 3.36. The lowest BCUT2D eigenvalue weighted by atomic mass is 10.2. The standard InChI is InChI=1S/C14H23ClN4O/c1-3-5-7-19(8-6-4-2)14(20)11-9-12(15)13(18-16)17-10-11/h9-10H,3-8,16H2,1-2H3,(H,17,18). The number of carbonyl (C=O) groups excluding carboxylic acids is 1. The van der Waals surface area contributed by atoms with Gasteiger partial charge in [0.15, 0.2) is 5.82 Å². The van der Waals surface area contributed by atoms with E-state index in [9.17, 15) is 4.79 Å². The van der Waals surface area contributed by atoms with E-state index >= 15 is 0 Å². The highest BCUT2D eigenvalue weighted by atomic mass is 35.5. The molecule has 1 rings (SSSR count). The van der Waals surface area contributed by atoms with E-state index in [1.54, 1.807) is 6.07 Å². The van der Waals surface area contributed by atoms with Gasteiger partial charge in [-0.05, 0) is 18.9 Å². The summed E-state index contributed by atoms with van der Waals surface area (Å²) in [5, 5.41) is 0.351. The summed E-state index contributed by atoms with van der Waals surface area (Å²) in [6.07, 6.45) is 5.63. The van der Waals surface area contributed by atoms with Crippen LogP contribution in [0, 0.1) is 0 Å². The zero-order valence-electron chi connectivity index (χ0n) is 12.2. The summed E-state index contributed by atoms with van der Waals surface area (Å²) in [4.78, 5) is 18.4. The van der Waals surface area contributed by atoms with Gasteiger partial charge >= 0.3 is 0 Å². The van der Waals surface area contributed by atoms with Crippen LogP contribution in [0.5, 0.6) is 0 Å². The van der Waals surface area contributed by atoms with E-state index in [1.165, 1.54) is 6.20 Å². The number of rotatable bonds is 8. The van der Waals surface area contributed by atoms with Crippen molar-refractivity contribution >= 4 is 23.3 Å². The first-order valence-corrected chi connectivity index (χ1v) is 7.43. The van der Waals surface area contributed by atoms with Crippen LogP contribution in [0.3, 0.4) is 0 Å². The SMILES string of the molecule is CCCCN(CCCC)C(=O)c1cnc(NN)c(Cl)c1. The van der Waals surface area contributed by atoms with Crippen LogP contribution in [0.1, 0.15) is 49.9 Å². The fourth-order valence-electron chi connectivity index (χ4n) is 1.86. The van der Waals surface area contributed by atoms with E-state index in [-0.39, 0.29) is 5.91 Å². The number of hydrogen-bond donors (Lipinski definition) is 2. The molecule has 1 amide bonds. The maximum Gasteiger partial charge on any atom is 0.255 e. The quantitative estimate of drug-likeness (QED) is 0.571. The van der Waals surface area contributed by atoms with Crippen LogP contribution in [0.2, 0.25) is 5.02 Å². The minimum Gasteiger partial charge on any atom is -0.339 e. The van der Waals surface area contributed by atoms with E-state index in [0.29, 0.717) is 16.4 Å². The Morgan fingerprint density at radius 3 is 2.40 bits per heavy atom. The van der Waals surface area contributed by atoms with E-state index in [0.717, 1.165) is 38.8 Å². The van der Waals surface area contributed by atoms with E-state index < -0.39 is 0 Å². The van der Waals surface area contributed by atoms with Gasteiger partial charge in [-0.25, -0.2) is 10.8 Å². The maximum atomic E-state index is 12.5. The topological polar surface area (TPSA) is 71.2 Å². The lowest BCUT2D eigenvalue weighted by Gasteiger charge is -2.22. The highest BCUT2D eigenvalue weighted by Gasteiger charge is 2.16. The lowest BCUT2D eigenvalue weighted by Crippen LogP contribution is -2.33. The Morgan fingerprint density at radius 2 is 1.95 bits per heavy atom. The molecule has 0 aliphatic carbocycles. The van der Waals surface area contributed by atoms with Gasteiger partial charge in [0.25, 0.3) is 5.91 Å². The molecule has 0 saturated carbocycles. The summed E-state index contributed by atoms with van der Waals surface area (Å²) in [5.41, 5.74) is 2.89. The van der Waals surface area contributed by atoms with E-state index in [1.807, 2.05) is 4.90 Å². The van der Waals surface area contributed by atoms with Crippen LogP contribution in [-0.2, 0) is 0 Å². The Morgan fingerprint density at radius 1 is 1.35 bits per heavy atom. The lowest BCUT2D eigenvalue weighted by molar-refractivity contribution is 0.0750. The van der Waals surface area contributed by atoms with Gasteiger partial charge in [-0.15, -0.1) is 0 Å². The number of amides is 1. The molecule has 0 unspecified atom stereocenters. The summed E-state index contributed by atoms with van der Waals surface area (Å²) in [6.45, 7) is 5.76. The smallest absolute Gasteiger partial charge is 0.255 e. The third-order valence-electron chi connectivity index (χ3n) is 3.08. The molecular weight excluding hydrogens is 276 g/mol. The van der Waals surface area contributed by atoms with E-state index in [4.69, 9.17) is 17.4 Å². The molecule has 0 saturated heterocycles. The van der Waals surface area contributed by atoms with Gasteiger partial charge in [0.1, 0.15) is 0 Å². The predicted octanol–water partition coefficient (Wildman–Crippen LogP) is 3.06. The number of nitrogens with one attached hydrogen (secondary N) is 1. The van der Waals surface area contributed by atoms with Crippen LogP contribution in [0.25, 0.3) is 0 Å². The van der Waals surface area contributed by atoms with Gasteiger partial charge < -0.3 is 10.3 Å². The van der Waals surface area contributed by atoms with Gasteiger partial charge in [-0.1, -0.05) is 38.3 Å². The Balaban J connectivity index is 2.84. The van der Waals surface area contributed by atoms with Gasteiger partial charge in [0.05, 0.1) is 10.6 Å². The van der Waals surface area contributed by atoms with Gasteiger partial charge in [-0.3, -0.25) is 4.79 Å².